The predicted molar refractivity (Wildman–Crippen MR) is 84.5 cm³/mol. The van der Waals surface area contributed by atoms with E-state index in [0.717, 1.165) is 17.8 Å². The van der Waals surface area contributed by atoms with E-state index in [1.54, 1.807) is 29.2 Å². The minimum absolute atomic E-state index is 0.139. The smallest absolute Gasteiger partial charge is 0.308 e. The molecule has 0 unspecified atom stereocenters. The van der Waals surface area contributed by atoms with Crippen molar-refractivity contribution in [2.45, 2.75) is 13.3 Å². The lowest BCUT2D eigenvalue weighted by atomic mass is 10.2. The molecule has 2 amide bonds. The van der Waals surface area contributed by atoms with Crippen LogP contribution in [0, 0.1) is 0 Å². The highest BCUT2D eigenvalue weighted by atomic mass is 35.5. The molecular weight excluding hydrogens is 272 g/mol. The Bertz CT molecular complexity index is 554. The highest BCUT2D eigenvalue weighted by Gasteiger charge is 2.14. The second-order valence-corrected chi connectivity index (χ2v) is 4.86. The molecule has 0 fully saturated rings. The van der Waals surface area contributed by atoms with Crippen LogP contribution in [0.1, 0.15) is 13.3 Å². The van der Waals surface area contributed by atoms with Crippen molar-refractivity contribution >= 4 is 29.0 Å². The molecule has 0 saturated carbocycles. The molecule has 0 aromatic heterocycles. The van der Waals surface area contributed by atoms with E-state index in [9.17, 15) is 4.79 Å². The molecule has 0 aliphatic rings. The average molecular weight is 289 g/mol. The molecule has 0 saturated heterocycles. The van der Waals surface area contributed by atoms with Crippen molar-refractivity contribution in [2.24, 2.45) is 0 Å². The average Bonchev–Trinajstić information content (AvgIpc) is 2.48. The van der Waals surface area contributed by atoms with Gasteiger partial charge in [-0.1, -0.05) is 36.7 Å². The maximum Gasteiger partial charge on any atom is 0.326 e. The van der Waals surface area contributed by atoms with E-state index in [4.69, 9.17) is 11.6 Å². The van der Waals surface area contributed by atoms with Gasteiger partial charge in [-0.15, -0.1) is 0 Å². The first-order valence-electron chi connectivity index (χ1n) is 6.60. The number of benzene rings is 2. The standard InChI is InChI=1S/C16H17ClN2O/c1-2-12-19(15-6-4-3-5-7-15)16(20)18-14-10-8-13(17)9-11-14/h3-11H,2,12H2,1H3,(H,18,20). The third-order valence-corrected chi connectivity index (χ3v) is 3.11. The minimum Gasteiger partial charge on any atom is -0.308 e. The van der Waals surface area contributed by atoms with E-state index in [2.05, 4.69) is 5.32 Å². The number of carbonyl (C=O) groups excluding carboxylic acids is 1. The van der Waals surface area contributed by atoms with Gasteiger partial charge in [0.15, 0.2) is 0 Å². The first-order valence-corrected chi connectivity index (χ1v) is 6.97. The summed E-state index contributed by atoms with van der Waals surface area (Å²) in [5, 5.41) is 3.53. The first-order chi connectivity index (χ1) is 9.70. The van der Waals surface area contributed by atoms with Crippen LogP contribution in [0.4, 0.5) is 16.2 Å². The van der Waals surface area contributed by atoms with Gasteiger partial charge in [-0.05, 0) is 42.8 Å². The van der Waals surface area contributed by atoms with E-state index in [1.807, 2.05) is 37.3 Å². The molecule has 0 atom stereocenters. The maximum atomic E-state index is 12.4. The zero-order valence-electron chi connectivity index (χ0n) is 11.3. The van der Waals surface area contributed by atoms with Crippen LogP contribution in [0.2, 0.25) is 5.02 Å². The van der Waals surface area contributed by atoms with Crippen molar-refractivity contribution in [2.75, 3.05) is 16.8 Å². The molecular formula is C16H17ClN2O. The minimum atomic E-state index is -0.139. The number of hydrogen-bond acceptors (Lipinski definition) is 1. The summed E-state index contributed by atoms with van der Waals surface area (Å²) in [5.74, 6) is 0. The Balaban J connectivity index is 2.13. The van der Waals surface area contributed by atoms with Crippen LogP contribution >= 0.6 is 11.6 Å². The van der Waals surface area contributed by atoms with E-state index in [0.29, 0.717) is 11.6 Å². The zero-order chi connectivity index (χ0) is 14.4. The number of urea groups is 1. The summed E-state index contributed by atoms with van der Waals surface area (Å²) in [7, 11) is 0. The lowest BCUT2D eigenvalue weighted by Crippen LogP contribution is -2.35. The second kappa shape index (κ2) is 6.96. The van der Waals surface area contributed by atoms with Crippen molar-refractivity contribution in [3.8, 4) is 0 Å². The number of carbonyl (C=O) groups is 1. The fourth-order valence-electron chi connectivity index (χ4n) is 1.90. The van der Waals surface area contributed by atoms with Gasteiger partial charge in [0.05, 0.1) is 0 Å². The number of rotatable bonds is 4. The van der Waals surface area contributed by atoms with Crippen molar-refractivity contribution in [3.63, 3.8) is 0 Å². The summed E-state index contributed by atoms with van der Waals surface area (Å²) in [6, 6.07) is 16.6. The summed E-state index contributed by atoms with van der Waals surface area (Å²) >= 11 is 5.83. The summed E-state index contributed by atoms with van der Waals surface area (Å²) < 4.78 is 0. The molecule has 2 aromatic rings. The van der Waals surface area contributed by atoms with Gasteiger partial charge in [0.1, 0.15) is 0 Å². The third kappa shape index (κ3) is 3.75. The molecule has 4 heteroatoms. The Morgan fingerprint density at radius 2 is 1.75 bits per heavy atom. The molecule has 3 nitrogen and oxygen atoms in total. The van der Waals surface area contributed by atoms with Gasteiger partial charge in [-0.2, -0.15) is 0 Å². The van der Waals surface area contributed by atoms with E-state index < -0.39 is 0 Å². The first kappa shape index (κ1) is 14.4. The lowest BCUT2D eigenvalue weighted by molar-refractivity contribution is 0.257. The SMILES string of the molecule is CCCN(C(=O)Nc1ccc(Cl)cc1)c1ccccc1. The number of hydrogen-bond donors (Lipinski definition) is 1. The van der Waals surface area contributed by atoms with Crippen LogP contribution < -0.4 is 10.2 Å². The van der Waals surface area contributed by atoms with Gasteiger partial charge in [-0.3, -0.25) is 4.90 Å². The molecule has 1 N–H and O–H groups in total. The number of amides is 2. The Kier molecular flexibility index (Phi) is 5.02. The van der Waals surface area contributed by atoms with Crippen molar-refractivity contribution in [1.82, 2.24) is 0 Å². The molecule has 0 aliphatic heterocycles. The zero-order valence-corrected chi connectivity index (χ0v) is 12.1. The Morgan fingerprint density at radius 1 is 1.10 bits per heavy atom. The molecule has 0 heterocycles. The van der Waals surface area contributed by atoms with Gasteiger partial charge in [-0.25, -0.2) is 4.79 Å². The Hall–Kier alpha value is -2.00. The van der Waals surface area contributed by atoms with E-state index >= 15 is 0 Å². The summed E-state index contributed by atoms with van der Waals surface area (Å²) in [4.78, 5) is 14.1. The number of para-hydroxylation sites is 1. The molecule has 0 radical (unpaired) electrons. The summed E-state index contributed by atoms with van der Waals surface area (Å²) in [6.45, 7) is 2.72. The van der Waals surface area contributed by atoms with Gasteiger partial charge < -0.3 is 5.32 Å². The number of anilines is 2. The quantitative estimate of drug-likeness (QED) is 0.862. The normalized spacial score (nSPS) is 10.1. The largest absolute Gasteiger partial charge is 0.326 e. The number of halogens is 1. The molecule has 0 aliphatic carbocycles. The van der Waals surface area contributed by atoms with Crippen LogP contribution in [0.25, 0.3) is 0 Å². The predicted octanol–water partition coefficient (Wildman–Crippen LogP) is 4.79. The van der Waals surface area contributed by atoms with Crippen molar-refractivity contribution < 1.29 is 4.79 Å². The molecule has 20 heavy (non-hydrogen) atoms. The fourth-order valence-corrected chi connectivity index (χ4v) is 2.03. The van der Waals surface area contributed by atoms with E-state index in [1.165, 1.54) is 0 Å². The summed E-state index contributed by atoms with van der Waals surface area (Å²) in [6.07, 6.45) is 0.892. The van der Waals surface area contributed by atoms with Crippen LogP contribution in [0.3, 0.4) is 0 Å². The van der Waals surface area contributed by atoms with Gasteiger partial charge in [0.2, 0.25) is 0 Å². The second-order valence-electron chi connectivity index (χ2n) is 4.42. The number of nitrogens with one attached hydrogen (secondary N) is 1. The molecule has 0 spiro atoms. The Morgan fingerprint density at radius 3 is 2.35 bits per heavy atom. The maximum absolute atomic E-state index is 12.4. The molecule has 2 rings (SSSR count). The number of nitrogens with zero attached hydrogens (tertiary/aromatic N) is 1. The lowest BCUT2D eigenvalue weighted by Gasteiger charge is -2.22. The highest BCUT2D eigenvalue weighted by Crippen LogP contribution is 2.17. The highest BCUT2D eigenvalue weighted by molar-refractivity contribution is 6.30. The third-order valence-electron chi connectivity index (χ3n) is 2.86. The van der Waals surface area contributed by atoms with Crippen molar-refractivity contribution in [3.05, 3.63) is 59.6 Å². The summed E-state index contributed by atoms with van der Waals surface area (Å²) in [5.41, 5.74) is 1.62. The fraction of sp³-hybridized carbons (Fsp3) is 0.188. The molecule has 0 bridgehead atoms. The Labute approximate surface area is 124 Å². The topological polar surface area (TPSA) is 32.3 Å². The van der Waals surface area contributed by atoms with Crippen LogP contribution in [0.15, 0.2) is 54.6 Å². The van der Waals surface area contributed by atoms with Crippen LogP contribution in [-0.2, 0) is 0 Å². The van der Waals surface area contributed by atoms with Crippen LogP contribution in [-0.4, -0.2) is 12.6 Å². The van der Waals surface area contributed by atoms with Gasteiger partial charge >= 0.3 is 6.03 Å². The van der Waals surface area contributed by atoms with Crippen molar-refractivity contribution in [1.29, 1.82) is 0 Å². The monoisotopic (exact) mass is 288 g/mol. The van der Waals surface area contributed by atoms with Gasteiger partial charge in [0.25, 0.3) is 0 Å². The molecule has 2 aromatic carbocycles. The van der Waals surface area contributed by atoms with Gasteiger partial charge in [0, 0.05) is 22.9 Å². The van der Waals surface area contributed by atoms with Crippen LogP contribution in [0.5, 0.6) is 0 Å². The molecule has 104 valence electrons. The van der Waals surface area contributed by atoms with E-state index in [-0.39, 0.29) is 6.03 Å².